The van der Waals surface area contributed by atoms with Crippen LogP contribution in [0.2, 0.25) is 0 Å². The lowest BCUT2D eigenvalue weighted by Gasteiger charge is -2.43. The van der Waals surface area contributed by atoms with Crippen molar-refractivity contribution < 1.29 is 0 Å². The van der Waals surface area contributed by atoms with Crippen molar-refractivity contribution in [3.63, 3.8) is 0 Å². The molecule has 0 saturated heterocycles. The molecule has 0 saturated carbocycles. The molecular formula is C44H43B2N3. The fourth-order valence-electron chi connectivity index (χ4n) is 9.59. The van der Waals surface area contributed by atoms with Crippen LogP contribution in [0, 0.1) is 41.5 Å². The predicted octanol–water partition coefficient (Wildman–Crippen LogP) is 6.93. The molecular weight excluding hydrogens is 592 g/mol. The molecule has 9 rings (SSSR count). The van der Waals surface area contributed by atoms with Crippen molar-refractivity contribution in [3.05, 3.63) is 124 Å². The summed E-state index contributed by atoms with van der Waals surface area (Å²) in [4.78, 5) is 10.5. The Morgan fingerprint density at radius 1 is 0.510 bits per heavy atom. The van der Waals surface area contributed by atoms with Crippen LogP contribution in [0.15, 0.2) is 84.9 Å². The third-order valence-corrected chi connectivity index (χ3v) is 11.4. The van der Waals surface area contributed by atoms with Crippen molar-refractivity contribution >= 4 is 85.3 Å². The normalized spacial score (nSPS) is 13.7. The molecule has 0 bridgehead atoms. The molecule has 7 aromatic rings. The Labute approximate surface area is 290 Å². The number of fused-ring (bicyclic) bond motifs is 8. The Bertz CT molecular complexity index is 2310. The number of aromatic nitrogens is 2. The Kier molecular flexibility index (Phi) is 6.35. The van der Waals surface area contributed by atoms with E-state index in [2.05, 4.69) is 162 Å². The van der Waals surface area contributed by atoms with Gasteiger partial charge in [-0.25, -0.2) is 0 Å². The molecule has 2 aliphatic heterocycles. The van der Waals surface area contributed by atoms with Crippen molar-refractivity contribution in [3.8, 4) is 0 Å². The second-order valence-electron chi connectivity index (χ2n) is 15.9. The third kappa shape index (κ3) is 4.24. The number of hydrogen-bond donors (Lipinski definition) is 2. The van der Waals surface area contributed by atoms with Crippen LogP contribution in [0.25, 0.3) is 21.8 Å². The van der Waals surface area contributed by atoms with Crippen molar-refractivity contribution in [2.45, 2.75) is 67.7 Å². The number of rotatable bonds is 2. The van der Waals surface area contributed by atoms with Gasteiger partial charge in [-0.2, -0.15) is 0 Å². The van der Waals surface area contributed by atoms with Gasteiger partial charge in [0, 0.05) is 16.7 Å². The molecule has 0 radical (unpaired) electrons. The fraction of sp³-hybridized carbons (Fsp3) is 0.227. The van der Waals surface area contributed by atoms with Gasteiger partial charge in [0.15, 0.2) is 0 Å². The van der Waals surface area contributed by atoms with Crippen molar-refractivity contribution in [1.82, 2.24) is 9.97 Å². The molecule has 0 spiro atoms. The van der Waals surface area contributed by atoms with Crippen molar-refractivity contribution in [1.29, 1.82) is 0 Å². The van der Waals surface area contributed by atoms with E-state index < -0.39 is 0 Å². The van der Waals surface area contributed by atoms with Gasteiger partial charge in [0.1, 0.15) is 11.6 Å². The third-order valence-electron chi connectivity index (χ3n) is 11.4. The van der Waals surface area contributed by atoms with E-state index in [-0.39, 0.29) is 18.8 Å². The Hall–Kier alpha value is -4.89. The molecule has 49 heavy (non-hydrogen) atoms. The Balaban J connectivity index is 1.50. The second-order valence-corrected chi connectivity index (χ2v) is 15.9. The quantitative estimate of drug-likeness (QED) is 0.199. The number of nitrogens with one attached hydrogen (secondary N) is 2. The van der Waals surface area contributed by atoms with E-state index in [9.17, 15) is 0 Å². The van der Waals surface area contributed by atoms with Crippen molar-refractivity contribution in [2.75, 3.05) is 4.90 Å². The summed E-state index contributed by atoms with van der Waals surface area (Å²) >= 11 is 0. The van der Waals surface area contributed by atoms with Crippen LogP contribution in [0.1, 0.15) is 59.7 Å². The lowest BCUT2D eigenvalue weighted by molar-refractivity contribution is 0.591. The average Bonchev–Trinajstić information content (AvgIpc) is 3.60. The molecule has 2 aliphatic rings. The smallest absolute Gasteiger partial charge is 0.250 e. The molecule has 3 nitrogen and oxygen atoms in total. The van der Waals surface area contributed by atoms with Gasteiger partial charge in [0.05, 0.1) is 0 Å². The van der Waals surface area contributed by atoms with Crippen LogP contribution in [0.4, 0.5) is 17.3 Å². The van der Waals surface area contributed by atoms with Crippen LogP contribution in [0.5, 0.6) is 0 Å². The minimum absolute atomic E-state index is 0.0405. The summed E-state index contributed by atoms with van der Waals surface area (Å²) in [6, 6.07) is 32.4. The van der Waals surface area contributed by atoms with Gasteiger partial charge >= 0.3 is 0 Å². The molecule has 0 aliphatic carbocycles. The highest BCUT2D eigenvalue weighted by Crippen LogP contribution is 2.41. The predicted molar refractivity (Wildman–Crippen MR) is 214 cm³/mol. The number of nitrogens with zero attached hydrogens (tertiary/aromatic N) is 1. The lowest BCUT2D eigenvalue weighted by atomic mass is 9.29. The Morgan fingerprint density at radius 2 is 0.898 bits per heavy atom. The number of aryl methyl sites for hydroxylation is 6. The second kappa shape index (κ2) is 10.3. The summed E-state index contributed by atoms with van der Waals surface area (Å²) in [5.41, 5.74) is 21.4. The molecule has 5 aromatic carbocycles. The molecule has 0 fully saturated rings. The maximum atomic E-state index is 3.99. The number of anilines is 3. The minimum atomic E-state index is -0.0405. The van der Waals surface area contributed by atoms with Gasteiger partial charge in [-0.15, -0.1) is 0 Å². The number of para-hydroxylation sites is 2. The fourth-order valence-corrected chi connectivity index (χ4v) is 9.59. The van der Waals surface area contributed by atoms with Gasteiger partial charge in [-0.05, 0) is 97.3 Å². The van der Waals surface area contributed by atoms with Gasteiger partial charge in [-0.1, -0.05) is 138 Å². The standard InChI is InChI=1S/C44H43B2N3/c1-24-18-26(3)37(27(4)19-24)45-33-22-30(44(7,8)9)23-34-41(33)49(42-39(45)31-14-10-12-16-35(31)47-42)43-40(32-15-11-13-17-36(32)48-43)46(34)38-28(5)20-25(2)21-29(38)6/h10-23,47-48H,1-9H3. The summed E-state index contributed by atoms with van der Waals surface area (Å²) in [5.74, 6) is 2.35. The first-order valence-corrected chi connectivity index (χ1v) is 17.8. The number of H-pyrrole nitrogens is 2. The largest absolute Gasteiger partial charge is 0.341 e. The van der Waals surface area contributed by atoms with Crippen LogP contribution in [0.3, 0.4) is 0 Å². The number of hydrogen-bond acceptors (Lipinski definition) is 1. The van der Waals surface area contributed by atoms with E-state index in [1.165, 1.54) is 111 Å². The van der Waals surface area contributed by atoms with E-state index in [1.807, 2.05) is 0 Å². The van der Waals surface area contributed by atoms with E-state index >= 15 is 0 Å². The highest BCUT2D eigenvalue weighted by molar-refractivity contribution is 7.04. The average molecular weight is 635 g/mol. The summed E-state index contributed by atoms with van der Waals surface area (Å²) in [5, 5.41) is 2.58. The zero-order valence-electron chi connectivity index (χ0n) is 30.2. The van der Waals surface area contributed by atoms with E-state index in [1.54, 1.807) is 0 Å². The first kappa shape index (κ1) is 30.2. The minimum Gasteiger partial charge on any atom is -0.341 e. The van der Waals surface area contributed by atoms with Crippen LogP contribution in [-0.4, -0.2) is 23.4 Å². The SMILES string of the molecule is Cc1cc(C)c(B2c3cc(C(C)(C)C)cc4c3N(c3[nH]c5ccccc5c32)c2[nH]c3ccccc3c2B4c2c(C)cc(C)cc2C)c(C)c1. The first-order valence-electron chi connectivity index (χ1n) is 17.8. The summed E-state index contributed by atoms with van der Waals surface area (Å²) < 4.78 is 0. The molecule has 4 heterocycles. The van der Waals surface area contributed by atoms with Crippen LogP contribution < -0.4 is 37.7 Å². The maximum absolute atomic E-state index is 3.99. The Morgan fingerprint density at radius 3 is 1.29 bits per heavy atom. The highest BCUT2D eigenvalue weighted by Gasteiger charge is 2.48. The zero-order valence-corrected chi connectivity index (χ0v) is 30.2. The number of aromatic amines is 2. The molecule has 0 atom stereocenters. The number of benzene rings is 5. The molecule has 0 unspecified atom stereocenters. The zero-order chi connectivity index (χ0) is 34.1. The van der Waals surface area contributed by atoms with Gasteiger partial charge in [-0.3, -0.25) is 4.90 Å². The summed E-state index contributed by atoms with van der Waals surface area (Å²) in [6.07, 6.45) is 0. The lowest BCUT2D eigenvalue weighted by Crippen LogP contribution is -2.66. The topological polar surface area (TPSA) is 34.8 Å². The van der Waals surface area contributed by atoms with E-state index in [4.69, 9.17) is 0 Å². The van der Waals surface area contributed by atoms with Gasteiger partial charge < -0.3 is 9.97 Å². The van der Waals surface area contributed by atoms with Crippen molar-refractivity contribution in [2.24, 2.45) is 0 Å². The van der Waals surface area contributed by atoms with Crippen LogP contribution in [-0.2, 0) is 5.41 Å². The monoisotopic (exact) mass is 635 g/mol. The van der Waals surface area contributed by atoms with E-state index in [0.717, 1.165) is 0 Å². The van der Waals surface area contributed by atoms with Crippen LogP contribution >= 0.6 is 0 Å². The summed E-state index contributed by atoms with van der Waals surface area (Å²) in [7, 11) is 0. The molecule has 240 valence electrons. The van der Waals surface area contributed by atoms with E-state index in [0.29, 0.717) is 0 Å². The highest BCUT2D eigenvalue weighted by atomic mass is 15.3. The van der Waals surface area contributed by atoms with Gasteiger partial charge in [0.25, 0.3) is 0 Å². The first-order chi connectivity index (χ1) is 23.4. The molecule has 2 aromatic heterocycles. The molecule has 2 N–H and O–H groups in total. The molecule has 5 heteroatoms. The molecule has 0 amide bonds. The van der Waals surface area contributed by atoms with Gasteiger partial charge in [0.2, 0.25) is 13.4 Å². The summed E-state index contributed by atoms with van der Waals surface area (Å²) in [6.45, 7) is 21.0. The maximum Gasteiger partial charge on any atom is 0.250 e.